The summed E-state index contributed by atoms with van der Waals surface area (Å²) in [6.45, 7) is 2.42. The van der Waals surface area contributed by atoms with E-state index in [9.17, 15) is 8.42 Å². The Bertz CT molecular complexity index is 443. The van der Waals surface area contributed by atoms with Crippen LogP contribution in [-0.4, -0.2) is 27.9 Å². The van der Waals surface area contributed by atoms with E-state index in [2.05, 4.69) is 4.72 Å². The molecule has 1 rings (SSSR count). The lowest BCUT2D eigenvalue weighted by atomic mass is 10.1. The molecule has 1 aromatic carbocycles. The maximum absolute atomic E-state index is 11.7. The largest absolute Gasteiger partial charge is 0.384 e. The van der Waals surface area contributed by atoms with Crippen LogP contribution in [0.25, 0.3) is 0 Å². The molecule has 4 nitrogen and oxygen atoms in total. The maximum Gasteiger partial charge on any atom is 0.232 e. The first-order valence-corrected chi connectivity index (χ1v) is 7.31. The fourth-order valence-electron chi connectivity index (χ4n) is 1.54. The van der Waals surface area contributed by atoms with Gasteiger partial charge in [-0.2, -0.15) is 0 Å². The highest BCUT2D eigenvalue weighted by Crippen LogP contribution is 2.17. The molecule has 0 aliphatic rings. The molecule has 0 heterocycles. The van der Waals surface area contributed by atoms with Crippen LogP contribution in [0, 0.1) is 0 Å². The number of para-hydroxylation sites is 1. The molecule has 1 N–H and O–H groups in total. The third-order valence-corrected chi connectivity index (χ3v) is 3.81. The molecular formula is C12H19NO3S. The monoisotopic (exact) mass is 257 g/mol. The summed E-state index contributed by atoms with van der Waals surface area (Å²) in [6, 6.07) is 7.39. The number of sulfonamides is 1. The van der Waals surface area contributed by atoms with Crippen LogP contribution in [-0.2, 0) is 21.2 Å². The summed E-state index contributed by atoms with van der Waals surface area (Å²) < 4.78 is 31.0. The molecule has 0 aromatic heterocycles. The summed E-state index contributed by atoms with van der Waals surface area (Å²) in [5.41, 5.74) is 1.60. The number of benzene rings is 1. The molecule has 0 amide bonds. The zero-order valence-corrected chi connectivity index (χ0v) is 11.1. The Labute approximate surface area is 103 Å². The molecule has 0 atom stereocenters. The molecule has 0 saturated carbocycles. The summed E-state index contributed by atoms with van der Waals surface area (Å²) in [6.07, 6.45) is 1.30. The lowest BCUT2D eigenvalue weighted by Crippen LogP contribution is -2.17. The van der Waals surface area contributed by atoms with E-state index in [1.54, 1.807) is 13.2 Å². The van der Waals surface area contributed by atoms with Crippen molar-refractivity contribution in [3.8, 4) is 0 Å². The summed E-state index contributed by atoms with van der Waals surface area (Å²) in [7, 11) is -1.59. The summed E-state index contributed by atoms with van der Waals surface area (Å²) in [5.74, 6) is 0.144. The Morgan fingerprint density at radius 1 is 1.29 bits per heavy atom. The Morgan fingerprint density at radius 2 is 2.00 bits per heavy atom. The van der Waals surface area contributed by atoms with Gasteiger partial charge in [-0.25, -0.2) is 8.42 Å². The third-order valence-electron chi connectivity index (χ3n) is 2.33. The predicted molar refractivity (Wildman–Crippen MR) is 69.7 cm³/mol. The van der Waals surface area contributed by atoms with Crippen molar-refractivity contribution in [1.82, 2.24) is 0 Å². The molecule has 0 aliphatic carbocycles. The van der Waals surface area contributed by atoms with Crippen molar-refractivity contribution >= 4 is 15.7 Å². The Morgan fingerprint density at radius 3 is 2.65 bits per heavy atom. The van der Waals surface area contributed by atoms with Crippen LogP contribution in [0.4, 0.5) is 5.69 Å². The van der Waals surface area contributed by atoms with Gasteiger partial charge in [0, 0.05) is 7.11 Å². The van der Waals surface area contributed by atoms with Gasteiger partial charge >= 0.3 is 0 Å². The van der Waals surface area contributed by atoms with Crippen molar-refractivity contribution in [3.63, 3.8) is 0 Å². The molecule has 0 unspecified atom stereocenters. The van der Waals surface area contributed by atoms with Crippen molar-refractivity contribution in [2.45, 2.75) is 19.8 Å². The van der Waals surface area contributed by atoms with Gasteiger partial charge in [-0.3, -0.25) is 4.72 Å². The topological polar surface area (TPSA) is 55.4 Å². The molecular weight excluding hydrogens is 238 g/mol. The predicted octanol–water partition coefficient (Wildman–Crippen LogP) is 2.03. The van der Waals surface area contributed by atoms with E-state index >= 15 is 0 Å². The minimum absolute atomic E-state index is 0.144. The summed E-state index contributed by atoms with van der Waals surface area (Å²) in [5, 5.41) is 0. The number of nitrogens with one attached hydrogen (secondary N) is 1. The van der Waals surface area contributed by atoms with Gasteiger partial charge in [0.1, 0.15) is 0 Å². The minimum atomic E-state index is -3.22. The highest BCUT2D eigenvalue weighted by molar-refractivity contribution is 7.92. The first-order chi connectivity index (χ1) is 8.09. The van der Waals surface area contributed by atoms with Crippen LogP contribution in [0.2, 0.25) is 0 Å². The number of rotatable bonds is 7. The van der Waals surface area contributed by atoms with E-state index in [0.717, 1.165) is 5.56 Å². The molecule has 0 fully saturated rings. The van der Waals surface area contributed by atoms with E-state index < -0.39 is 10.0 Å². The van der Waals surface area contributed by atoms with Crippen molar-refractivity contribution in [2.24, 2.45) is 0 Å². The van der Waals surface area contributed by atoms with Crippen molar-refractivity contribution < 1.29 is 13.2 Å². The van der Waals surface area contributed by atoms with Gasteiger partial charge in [0.05, 0.1) is 18.0 Å². The molecule has 96 valence electrons. The van der Waals surface area contributed by atoms with Crippen LogP contribution >= 0.6 is 0 Å². The second-order valence-corrected chi connectivity index (χ2v) is 5.66. The summed E-state index contributed by atoms with van der Waals surface area (Å²) >= 11 is 0. The zero-order valence-electron chi connectivity index (χ0n) is 10.3. The van der Waals surface area contributed by atoms with Crippen LogP contribution in [0.15, 0.2) is 24.3 Å². The van der Waals surface area contributed by atoms with Gasteiger partial charge in [0.2, 0.25) is 10.0 Å². The minimum Gasteiger partial charge on any atom is -0.384 e. The van der Waals surface area contributed by atoms with E-state index in [0.29, 0.717) is 25.1 Å². The first-order valence-electron chi connectivity index (χ1n) is 5.66. The Kier molecular flexibility index (Phi) is 5.44. The van der Waals surface area contributed by atoms with E-state index in [4.69, 9.17) is 4.74 Å². The first kappa shape index (κ1) is 14.0. The second-order valence-electron chi connectivity index (χ2n) is 3.82. The van der Waals surface area contributed by atoms with Crippen molar-refractivity contribution in [2.75, 3.05) is 24.2 Å². The Balaban J connectivity index is 2.83. The van der Waals surface area contributed by atoms with Gasteiger partial charge in [0.25, 0.3) is 0 Å². The molecule has 0 bridgehead atoms. The molecule has 1 aromatic rings. The van der Waals surface area contributed by atoms with Crippen LogP contribution in [0.1, 0.15) is 18.9 Å². The van der Waals surface area contributed by atoms with Crippen molar-refractivity contribution in [1.29, 1.82) is 0 Å². The number of anilines is 1. The number of ether oxygens (including phenoxy) is 1. The number of hydrogen-bond donors (Lipinski definition) is 1. The van der Waals surface area contributed by atoms with Gasteiger partial charge in [0.15, 0.2) is 0 Å². The Hall–Kier alpha value is -1.07. The molecule has 0 saturated heterocycles. The number of hydrogen-bond acceptors (Lipinski definition) is 3. The fraction of sp³-hybridized carbons (Fsp3) is 0.500. The van der Waals surface area contributed by atoms with Crippen LogP contribution in [0.3, 0.4) is 0 Å². The van der Waals surface area contributed by atoms with Crippen LogP contribution < -0.4 is 4.72 Å². The van der Waals surface area contributed by atoms with Gasteiger partial charge < -0.3 is 4.74 Å². The third kappa shape index (κ3) is 4.75. The SMILES string of the molecule is CCCS(=O)(=O)Nc1ccccc1CCOC. The van der Waals surface area contributed by atoms with E-state index in [-0.39, 0.29) is 5.75 Å². The van der Waals surface area contributed by atoms with Crippen molar-refractivity contribution in [3.05, 3.63) is 29.8 Å². The zero-order chi connectivity index (χ0) is 12.7. The van der Waals surface area contributed by atoms with Gasteiger partial charge in [-0.1, -0.05) is 25.1 Å². The highest BCUT2D eigenvalue weighted by atomic mass is 32.2. The smallest absolute Gasteiger partial charge is 0.232 e. The molecule has 5 heteroatoms. The van der Waals surface area contributed by atoms with Gasteiger partial charge in [-0.15, -0.1) is 0 Å². The average Bonchev–Trinajstić information content (AvgIpc) is 2.27. The van der Waals surface area contributed by atoms with E-state index in [1.165, 1.54) is 0 Å². The molecule has 0 spiro atoms. The van der Waals surface area contributed by atoms with Crippen LogP contribution in [0.5, 0.6) is 0 Å². The quantitative estimate of drug-likeness (QED) is 0.813. The normalized spacial score (nSPS) is 11.4. The van der Waals surface area contributed by atoms with Gasteiger partial charge in [-0.05, 0) is 24.5 Å². The average molecular weight is 257 g/mol. The lowest BCUT2D eigenvalue weighted by molar-refractivity contribution is 0.202. The highest BCUT2D eigenvalue weighted by Gasteiger charge is 2.11. The molecule has 0 radical (unpaired) electrons. The molecule has 0 aliphatic heterocycles. The lowest BCUT2D eigenvalue weighted by Gasteiger charge is -2.11. The second kappa shape index (κ2) is 6.61. The number of methoxy groups -OCH3 is 1. The summed E-state index contributed by atoms with van der Waals surface area (Å²) in [4.78, 5) is 0. The fourth-order valence-corrected chi connectivity index (χ4v) is 2.71. The van der Waals surface area contributed by atoms with E-state index in [1.807, 2.05) is 25.1 Å². The maximum atomic E-state index is 11.7. The standard InChI is InChI=1S/C12H19NO3S/c1-3-10-17(14,15)13-12-7-5-4-6-11(12)8-9-16-2/h4-7,13H,3,8-10H2,1-2H3. The molecule has 17 heavy (non-hydrogen) atoms.